The van der Waals surface area contributed by atoms with E-state index in [1.165, 1.54) is 0 Å². The maximum Gasteiger partial charge on any atom is 0.224 e. The molecule has 1 aliphatic heterocycles. The van der Waals surface area contributed by atoms with Crippen molar-refractivity contribution in [3.63, 3.8) is 0 Å². The van der Waals surface area contributed by atoms with Gasteiger partial charge in [0.05, 0.1) is 0 Å². The number of carbonyl (C=O) groups excluding carboxylic acids is 2. The third kappa shape index (κ3) is 8.05. The number of nitrogens with two attached hydrogens (primary N) is 2. The van der Waals surface area contributed by atoms with Crippen LogP contribution in [-0.2, 0) is 16.1 Å². The molecule has 2 rings (SSSR count). The molecule has 0 unspecified atom stereocenters. The summed E-state index contributed by atoms with van der Waals surface area (Å²) in [6.45, 7) is 3.09. The molecule has 0 saturated carbocycles. The number of anilines is 1. The number of likely N-dealkylation sites (tertiary alicyclic amines) is 1. The average molecular weight is 391 g/mol. The van der Waals surface area contributed by atoms with Gasteiger partial charge in [-0.2, -0.15) is 0 Å². The highest BCUT2D eigenvalue weighted by Gasteiger charge is 2.22. The maximum absolute atomic E-state index is 11.8. The first kappa shape index (κ1) is 23.7. The number of halogens is 2. The first-order chi connectivity index (χ1) is 11.1. The average Bonchev–Trinajstić information content (AvgIpc) is 2.54. The summed E-state index contributed by atoms with van der Waals surface area (Å²) in [4.78, 5) is 25.3. The topological polar surface area (TPSA) is 101 Å². The third-order valence-electron chi connectivity index (χ3n) is 4.21. The minimum absolute atomic E-state index is 0. The molecule has 5 N–H and O–H groups in total. The second kappa shape index (κ2) is 12.1. The number of hydrogen-bond acceptors (Lipinski definition) is 4. The standard InChI is InChI=1S/C17H26N4O2.2ClH/c18-8-2-5-16(22)20-15-4-1-3-13(11-15)12-21-9-6-14(7-10-21)17(19)23;;/h1,3-4,11,14H,2,5-10,12,18H2,(H2,19,23)(H,20,22);2*1H. The summed E-state index contributed by atoms with van der Waals surface area (Å²) in [5, 5.41) is 2.90. The molecule has 8 heteroatoms. The minimum Gasteiger partial charge on any atom is -0.369 e. The molecule has 0 aliphatic carbocycles. The first-order valence-electron chi connectivity index (χ1n) is 8.19. The fourth-order valence-electron chi connectivity index (χ4n) is 2.87. The Hall–Kier alpha value is -1.34. The minimum atomic E-state index is -0.188. The Labute approximate surface area is 161 Å². The Balaban J connectivity index is 0.00000288. The summed E-state index contributed by atoms with van der Waals surface area (Å²) in [6, 6.07) is 7.89. The third-order valence-corrected chi connectivity index (χ3v) is 4.21. The van der Waals surface area contributed by atoms with Crippen LogP contribution in [0, 0.1) is 5.92 Å². The van der Waals surface area contributed by atoms with E-state index in [0.29, 0.717) is 19.4 Å². The summed E-state index contributed by atoms with van der Waals surface area (Å²) in [7, 11) is 0. The van der Waals surface area contributed by atoms with Crippen LogP contribution in [0.15, 0.2) is 24.3 Å². The van der Waals surface area contributed by atoms with Crippen LogP contribution in [0.1, 0.15) is 31.2 Å². The quantitative estimate of drug-likeness (QED) is 0.661. The van der Waals surface area contributed by atoms with Gasteiger partial charge in [0.2, 0.25) is 11.8 Å². The highest BCUT2D eigenvalue weighted by molar-refractivity contribution is 5.90. The van der Waals surface area contributed by atoms with Crippen LogP contribution in [0.3, 0.4) is 0 Å². The van der Waals surface area contributed by atoms with Crippen LogP contribution in [0.25, 0.3) is 0 Å². The fourth-order valence-corrected chi connectivity index (χ4v) is 2.87. The number of amides is 2. The molecular formula is C17H28Cl2N4O2. The SMILES string of the molecule is Cl.Cl.NCCCC(=O)Nc1cccc(CN2CCC(C(N)=O)CC2)c1. The molecule has 0 bridgehead atoms. The van der Waals surface area contributed by atoms with Gasteiger partial charge >= 0.3 is 0 Å². The van der Waals surface area contributed by atoms with Crippen molar-refractivity contribution < 1.29 is 9.59 Å². The van der Waals surface area contributed by atoms with E-state index < -0.39 is 0 Å². The van der Waals surface area contributed by atoms with Crippen molar-refractivity contribution in [2.45, 2.75) is 32.2 Å². The molecule has 0 spiro atoms. The van der Waals surface area contributed by atoms with E-state index in [0.717, 1.165) is 43.7 Å². The molecule has 142 valence electrons. The van der Waals surface area contributed by atoms with Gasteiger partial charge in [0.25, 0.3) is 0 Å². The summed E-state index contributed by atoms with van der Waals surface area (Å²) >= 11 is 0. The molecule has 0 aromatic heterocycles. The number of piperidine rings is 1. The van der Waals surface area contributed by atoms with E-state index in [9.17, 15) is 9.59 Å². The van der Waals surface area contributed by atoms with Crippen molar-refractivity contribution >= 4 is 42.3 Å². The largest absolute Gasteiger partial charge is 0.369 e. The molecule has 2 amide bonds. The Morgan fingerprint density at radius 1 is 1.20 bits per heavy atom. The zero-order valence-electron chi connectivity index (χ0n) is 14.3. The number of primary amides is 1. The van der Waals surface area contributed by atoms with E-state index >= 15 is 0 Å². The fraction of sp³-hybridized carbons (Fsp3) is 0.529. The highest BCUT2D eigenvalue weighted by atomic mass is 35.5. The molecule has 0 atom stereocenters. The Morgan fingerprint density at radius 3 is 2.48 bits per heavy atom. The van der Waals surface area contributed by atoms with E-state index in [4.69, 9.17) is 11.5 Å². The van der Waals surface area contributed by atoms with Gasteiger partial charge in [-0.15, -0.1) is 24.8 Å². The van der Waals surface area contributed by atoms with Crippen LogP contribution in [0.4, 0.5) is 5.69 Å². The van der Waals surface area contributed by atoms with Crippen LogP contribution in [0.2, 0.25) is 0 Å². The van der Waals surface area contributed by atoms with Gasteiger partial charge in [-0.1, -0.05) is 12.1 Å². The van der Waals surface area contributed by atoms with Crippen LogP contribution in [0.5, 0.6) is 0 Å². The number of carbonyl (C=O) groups is 2. The van der Waals surface area contributed by atoms with Gasteiger partial charge in [-0.3, -0.25) is 14.5 Å². The summed E-state index contributed by atoms with van der Waals surface area (Å²) in [5.74, 6) is -0.180. The number of nitrogens with zero attached hydrogens (tertiary/aromatic N) is 1. The molecule has 25 heavy (non-hydrogen) atoms. The Morgan fingerprint density at radius 2 is 1.88 bits per heavy atom. The molecular weight excluding hydrogens is 363 g/mol. The molecule has 0 radical (unpaired) electrons. The van der Waals surface area contributed by atoms with Crippen molar-refractivity contribution in [1.82, 2.24) is 4.90 Å². The zero-order valence-corrected chi connectivity index (χ0v) is 15.9. The molecule has 1 saturated heterocycles. The molecule has 1 aromatic rings. The molecule has 1 fully saturated rings. The lowest BCUT2D eigenvalue weighted by Gasteiger charge is -2.30. The second-order valence-corrected chi connectivity index (χ2v) is 6.09. The van der Waals surface area contributed by atoms with Gasteiger partial charge in [-0.05, 0) is 56.6 Å². The molecule has 6 nitrogen and oxygen atoms in total. The van der Waals surface area contributed by atoms with Crippen molar-refractivity contribution in [1.29, 1.82) is 0 Å². The number of hydrogen-bond donors (Lipinski definition) is 3. The lowest BCUT2D eigenvalue weighted by Crippen LogP contribution is -2.38. The van der Waals surface area contributed by atoms with E-state index in [1.54, 1.807) is 0 Å². The van der Waals surface area contributed by atoms with Gasteiger partial charge in [0, 0.05) is 24.6 Å². The maximum atomic E-state index is 11.8. The Bertz CT molecular complexity index is 549. The van der Waals surface area contributed by atoms with Crippen LogP contribution >= 0.6 is 24.8 Å². The normalized spacial score (nSPS) is 14.9. The van der Waals surface area contributed by atoms with E-state index in [-0.39, 0.29) is 42.5 Å². The number of rotatable bonds is 7. The lowest BCUT2D eigenvalue weighted by atomic mass is 9.96. The lowest BCUT2D eigenvalue weighted by molar-refractivity contribution is -0.123. The monoisotopic (exact) mass is 390 g/mol. The van der Waals surface area contributed by atoms with Crippen molar-refractivity contribution in [3.8, 4) is 0 Å². The van der Waals surface area contributed by atoms with Gasteiger partial charge in [0.1, 0.15) is 0 Å². The summed E-state index contributed by atoms with van der Waals surface area (Å²) in [6.07, 6.45) is 2.79. The van der Waals surface area contributed by atoms with E-state index in [2.05, 4.69) is 16.3 Å². The molecule has 1 heterocycles. The van der Waals surface area contributed by atoms with Crippen molar-refractivity contribution in [2.75, 3.05) is 25.0 Å². The zero-order chi connectivity index (χ0) is 16.7. The van der Waals surface area contributed by atoms with Crippen LogP contribution in [-0.4, -0.2) is 36.3 Å². The molecule has 1 aromatic carbocycles. The smallest absolute Gasteiger partial charge is 0.224 e. The van der Waals surface area contributed by atoms with Crippen molar-refractivity contribution in [2.24, 2.45) is 17.4 Å². The second-order valence-electron chi connectivity index (χ2n) is 6.09. The van der Waals surface area contributed by atoms with Crippen molar-refractivity contribution in [3.05, 3.63) is 29.8 Å². The van der Waals surface area contributed by atoms with Gasteiger partial charge in [0.15, 0.2) is 0 Å². The highest BCUT2D eigenvalue weighted by Crippen LogP contribution is 2.20. The van der Waals surface area contributed by atoms with Gasteiger partial charge < -0.3 is 16.8 Å². The number of benzene rings is 1. The summed E-state index contributed by atoms with van der Waals surface area (Å²) in [5.41, 5.74) is 12.7. The first-order valence-corrected chi connectivity index (χ1v) is 8.19. The predicted molar refractivity (Wildman–Crippen MR) is 105 cm³/mol. The predicted octanol–water partition coefficient (Wildman–Crippen LogP) is 1.90. The van der Waals surface area contributed by atoms with Crippen LogP contribution < -0.4 is 16.8 Å². The van der Waals surface area contributed by atoms with E-state index in [1.807, 2.05) is 18.2 Å². The number of nitrogens with one attached hydrogen (secondary N) is 1. The summed E-state index contributed by atoms with van der Waals surface area (Å²) < 4.78 is 0. The Kier molecular flexibility index (Phi) is 11.4. The van der Waals surface area contributed by atoms with Gasteiger partial charge in [-0.25, -0.2) is 0 Å². The molecule has 1 aliphatic rings.